The summed E-state index contributed by atoms with van der Waals surface area (Å²) in [5.41, 5.74) is 2.33. The Bertz CT molecular complexity index is 1610. The number of rotatable bonds is 4. The molecule has 1 saturated carbocycles. The molecule has 1 N–H and O–H groups in total. The molecule has 0 bridgehead atoms. The van der Waals surface area contributed by atoms with Crippen LogP contribution in [-0.4, -0.2) is 79.4 Å². The first-order valence-electron chi connectivity index (χ1n) is 15.0. The van der Waals surface area contributed by atoms with Crippen molar-refractivity contribution >= 4 is 58.4 Å². The van der Waals surface area contributed by atoms with E-state index in [1.54, 1.807) is 6.07 Å². The van der Waals surface area contributed by atoms with Gasteiger partial charge >= 0.3 is 0 Å². The number of phenols is 1. The van der Waals surface area contributed by atoms with Crippen LogP contribution < -0.4 is 0 Å². The third-order valence-electron chi connectivity index (χ3n) is 10.5. The molecule has 3 saturated heterocycles. The Morgan fingerprint density at radius 1 is 0.932 bits per heavy atom. The number of piperidine rings is 1. The highest BCUT2D eigenvalue weighted by atomic mass is 35.5. The molecule has 6 atom stereocenters. The van der Waals surface area contributed by atoms with Gasteiger partial charge in [0.2, 0.25) is 11.8 Å². The Balaban J connectivity index is 1.21. The number of hydrogen-bond donors (Lipinski definition) is 1. The zero-order valence-electron chi connectivity index (χ0n) is 24.1. The third kappa shape index (κ3) is 4.14. The standard InChI is InChI=1S/C33H32Cl3N3O5/c1-37-30(43)32(35)16-24-21(27(33(32,36)31(37)44)22-8-7-20(40)15-25(22)34)9-10-23-26(24)29(42)39(28(23)41)19-11-13-38(14-12-19)17-18-5-3-2-4-6-18/h2-9,15,19,23-24,26-27,40H,10-14,16-17H2,1H3/t23-,24+,26-,27+,32+,33-/m0/s1. The van der Waals surface area contributed by atoms with E-state index in [9.17, 15) is 24.3 Å². The quantitative estimate of drug-likeness (QED) is 0.291. The van der Waals surface area contributed by atoms with Gasteiger partial charge in [-0.3, -0.25) is 33.9 Å². The Morgan fingerprint density at radius 3 is 2.32 bits per heavy atom. The molecule has 5 aliphatic rings. The lowest BCUT2D eigenvalue weighted by Gasteiger charge is -2.51. The molecular formula is C33H32Cl3N3O5. The Kier molecular flexibility index (Phi) is 7.16. The molecule has 3 heterocycles. The van der Waals surface area contributed by atoms with Crippen LogP contribution in [0.2, 0.25) is 5.02 Å². The van der Waals surface area contributed by atoms with E-state index in [4.69, 9.17) is 34.8 Å². The lowest BCUT2D eigenvalue weighted by atomic mass is 9.56. The number of benzene rings is 2. The van der Waals surface area contributed by atoms with Crippen molar-refractivity contribution < 1.29 is 24.3 Å². The largest absolute Gasteiger partial charge is 0.508 e. The molecule has 8 nitrogen and oxygen atoms in total. The number of aromatic hydroxyl groups is 1. The molecule has 230 valence electrons. The van der Waals surface area contributed by atoms with E-state index < -0.39 is 45.2 Å². The van der Waals surface area contributed by atoms with Crippen molar-refractivity contribution in [3.8, 4) is 5.75 Å². The molecule has 11 heteroatoms. The summed E-state index contributed by atoms with van der Waals surface area (Å²) in [7, 11) is 1.35. The maximum Gasteiger partial charge on any atom is 0.253 e. The number of carbonyl (C=O) groups excluding carboxylic acids is 4. The average Bonchev–Trinajstić information content (AvgIpc) is 3.33. The minimum Gasteiger partial charge on any atom is -0.508 e. The number of carbonyl (C=O) groups is 4. The van der Waals surface area contributed by atoms with Crippen molar-refractivity contribution in [3.63, 3.8) is 0 Å². The number of fused-ring (bicyclic) bond motifs is 4. The van der Waals surface area contributed by atoms with Gasteiger partial charge in [0.1, 0.15) is 5.75 Å². The fourth-order valence-electron chi connectivity index (χ4n) is 8.40. The Morgan fingerprint density at radius 2 is 1.64 bits per heavy atom. The van der Waals surface area contributed by atoms with Gasteiger partial charge in [-0.15, -0.1) is 23.2 Å². The van der Waals surface area contributed by atoms with E-state index in [2.05, 4.69) is 17.0 Å². The van der Waals surface area contributed by atoms with Crippen molar-refractivity contribution in [3.05, 3.63) is 76.3 Å². The van der Waals surface area contributed by atoms with Crippen molar-refractivity contribution in [1.29, 1.82) is 0 Å². The van der Waals surface area contributed by atoms with Gasteiger partial charge in [0, 0.05) is 43.7 Å². The van der Waals surface area contributed by atoms with Crippen molar-refractivity contribution in [1.82, 2.24) is 14.7 Å². The van der Waals surface area contributed by atoms with Gasteiger partial charge in [-0.1, -0.05) is 59.6 Å². The average molecular weight is 657 g/mol. The molecule has 2 aliphatic carbocycles. The first-order chi connectivity index (χ1) is 21.0. The topological polar surface area (TPSA) is 98.2 Å². The van der Waals surface area contributed by atoms with Gasteiger partial charge in [-0.25, -0.2) is 0 Å². The summed E-state index contributed by atoms with van der Waals surface area (Å²) in [6, 6.07) is 14.4. The maximum absolute atomic E-state index is 14.3. The van der Waals surface area contributed by atoms with Crippen LogP contribution in [0.5, 0.6) is 5.75 Å². The van der Waals surface area contributed by atoms with E-state index in [1.807, 2.05) is 24.3 Å². The molecule has 2 aromatic rings. The molecule has 44 heavy (non-hydrogen) atoms. The summed E-state index contributed by atoms with van der Waals surface area (Å²) in [6.45, 7) is 2.35. The molecule has 0 unspecified atom stereocenters. The van der Waals surface area contributed by atoms with Crippen LogP contribution in [0.15, 0.2) is 60.2 Å². The Labute approximate surface area is 270 Å². The van der Waals surface area contributed by atoms with Gasteiger partial charge < -0.3 is 5.11 Å². The number of hydrogen-bond acceptors (Lipinski definition) is 6. The van der Waals surface area contributed by atoms with Crippen LogP contribution in [0.25, 0.3) is 0 Å². The van der Waals surface area contributed by atoms with Gasteiger partial charge in [-0.05, 0) is 54.9 Å². The summed E-state index contributed by atoms with van der Waals surface area (Å²) in [6.07, 6.45) is 3.50. The van der Waals surface area contributed by atoms with Crippen LogP contribution in [0.4, 0.5) is 0 Å². The van der Waals surface area contributed by atoms with Gasteiger partial charge in [0.05, 0.1) is 11.8 Å². The second-order valence-corrected chi connectivity index (χ2v) is 14.4. The van der Waals surface area contributed by atoms with Crippen molar-refractivity contribution in [2.75, 3.05) is 20.1 Å². The van der Waals surface area contributed by atoms with Crippen LogP contribution >= 0.6 is 34.8 Å². The normalized spacial score (nSPS) is 34.2. The molecule has 4 amide bonds. The highest BCUT2D eigenvalue weighted by Gasteiger charge is 2.76. The van der Waals surface area contributed by atoms with Crippen LogP contribution in [-0.2, 0) is 25.7 Å². The van der Waals surface area contributed by atoms with Gasteiger partial charge in [-0.2, -0.15) is 0 Å². The molecule has 0 spiro atoms. The maximum atomic E-state index is 14.3. The van der Waals surface area contributed by atoms with E-state index in [0.29, 0.717) is 30.4 Å². The minimum absolute atomic E-state index is 0.0610. The number of amides is 4. The number of likely N-dealkylation sites (tertiary alicyclic amines) is 3. The van der Waals surface area contributed by atoms with E-state index in [1.165, 1.54) is 29.6 Å². The fourth-order valence-corrected chi connectivity index (χ4v) is 9.70. The number of imide groups is 2. The number of phenolic OH excluding ortho intramolecular Hbond substituents is 1. The number of allylic oxidation sites excluding steroid dienone is 2. The van der Waals surface area contributed by atoms with Gasteiger partial charge in [0.25, 0.3) is 11.8 Å². The van der Waals surface area contributed by atoms with Gasteiger partial charge in [0.15, 0.2) is 9.75 Å². The summed E-state index contributed by atoms with van der Waals surface area (Å²) in [5.74, 6) is -4.65. The molecule has 0 aromatic heterocycles. The molecular weight excluding hydrogens is 625 g/mol. The predicted octanol–water partition coefficient (Wildman–Crippen LogP) is 4.70. The van der Waals surface area contributed by atoms with Crippen LogP contribution in [0, 0.1) is 17.8 Å². The molecule has 4 fully saturated rings. The highest BCUT2D eigenvalue weighted by molar-refractivity contribution is 6.53. The minimum atomic E-state index is -1.91. The predicted molar refractivity (Wildman–Crippen MR) is 165 cm³/mol. The molecule has 2 aromatic carbocycles. The second-order valence-electron chi connectivity index (χ2n) is 12.7. The number of alkyl halides is 2. The number of nitrogens with zero attached hydrogens (tertiary/aromatic N) is 3. The van der Waals surface area contributed by atoms with E-state index >= 15 is 0 Å². The lowest BCUT2D eigenvalue weighted by Crippen LogP contribution is -2.60. The SMILES string of the molecule is CN1C(=O)[C@]2(Cl)C[C@@H]3C(=CC[C@@H]4C(=O)N(C5CCN(Cc6ccccc6)CC5)C(=O)[C@@H]43)[C@H](c3ccc(O)cc3Cl)[C@]2(Cl)C1=O. The zero-order chi connectivity index (χ0) is 31.1. The summed E-state index contributed by atoms with van der Waals surface area (Å²) >= 11 is 21.0. The summed E-state index contributed by atoms with van der Waals surface area (Å²) in [5, 5.41) is 10.2. The van der Waals surface area contributed by atoms with Crippen LogP contribution in [0.1, 0.15) is 42.7 Å². The number of halogens is 3. The molecule has 0 radical (unpaired) electrons. The highest BCUT2D eigenvalue weighted by Crippen LogP contribution is 2.66. The monoisotopic (exact) mass is 655 g/mol. The van der Waals surface area contributed by atoms with Crippen molar-refractivity contribution in [2.24, 2.45) is 17.8 Å². The molecule has 7 rings (SSSR count). The van der Waals surface area contributed by atoms with Crippen molar-refractivity contribution in [2.45, 2.75) is 53.9 Å². The smallest absolute Gasteiger partial charge is 0.253 e. The van der Waals surface area contributed by atoms with E-state index in [-0.39, 0.29) is 35.0 Å². The lowest BCUT2D eigenvalue weighted by molar-refractivity contribution is -0.144. The summed E-state index contributed by atoms with van der Waals surface area (Å²) in [4.78, 5) is 56.5. The zero-order valence-corrected chi connectivity index (χ0v) is 26.4. The first-order valence-corrected chi connectivity index (χ1v) is 16.1. The van der Waals surface area contributed by atoms with E-state index in [0.717, 1.165) is 24.5 Å². The fraction of sp³-hybridized carbons (Fsp3) is 0.455. The first kappa shape index (κ1) is 29.8. The third-order valence-corrected chi connectivity index (χ3v) is 12.3. The van der Waals surface area contributed by atoms with Crippen LogP contribution in [0.3, 0.4) is 0 Å². The molecule has 3 aliphatic heterocycles. The second kappa shape index (κ2) is 10.6. The Hall–Kier alpha value is -2.91. The summed E-state index contributed by atoms with van der Waals surface area (Å²) < 4.78 is 0.